The van der Waals surface area contributed by atoms with Crippen LogP contribution in [-0.2, 0) is 0 Å². The number of nitrogens with zero attached hydrogens (tertiary/aromatic N) is 1. The van der Waals surface area contributed by atoms with E-state index in [0.717, 1.165) is 18.9 Å². The molecule has 1 atom stereocenters. The first-order valence-electron chi connectivity index (χ1n) is 6.26. The summed E-state index contributed by atoms with van der Waals surface area (Å²) in [6.07, 6.45) is 2.17. The summed E-state index contributed by atoms with van der Waals surface area (Å²) in [5.74, 6) is -2.06. The van der Waals surface area contributed by atoms with Crippen molar-refractivity contribution in [2.75, 3.05) is 18.5 Å². The molecule has 1 heterocycles. The van der Waals surface area contributed by atoms with Gasteiger partial charge in [0.1, 0.15) is 0 Å². The summed E-state index contributed by atoms with van der Waals surface area (Å²) >= 11 is 0. The number of amides is 2. The SMILES string of the molecule is O=C(Nc1cccc(F)c1F)N1CCC[C@@H]1CCO. The average Bonchev–Trinajstić information content (AvgIpc) is 2.84. The summed E-state index contributed by atoms with van der Waals surface area (Å²) in [5.41, 5.74) is -0.167. The van der Waals surface area contributed by atoms with Crippen LogP contribution >= 0.6 is 0 Å². The van der Waals surface area contributed by atoms with Crippen molar-refractivity contribution in [3.63, 3.8) is 0 Å². The molecule has 1 aliphatic heterocycles. The number of likely N-dealkylation sites (tertiary alicyclic amines) is 1. The molecule has 4 nitrogen and oxygen atoms in total. The third-order valence-corrected chi connectivity index (χ3v) is 3.29. The largest absolute Gasteiger partial charge is 0.396 e. The molecule has 0 unspecified atom stereocenters. The molecule has 1 aliphatic rings. The van der Waals surface area contributed by atoms with Crippen molar-refractivity contribution in [2.24, 2.45) is 0 Å². The molecule has 1 aromatic rings. The number of benzene rings is 1. The lowest BCUT2D eigenvalue weighted by atomic mass is 10.1. The van der Waals surface area contributed by atoms with Crippen LogP contribution in [0.25, 0.3) is 0 Å². The third kappa shape index (κ3) is 3.01. The first kappa shape index (κ1) is 13.7. The van der Waals surface area contributed by atoms with Crippen molar-refractivity contribution in [3.8, 4) is 0 Å². The van der Waals surface area contributed by atoms with Gasteiger partial charge < -0.3 is 15.3 Å². The molecule has 0 spiro atoms. The highest BCUT2D eigenvalue weighted by molar-refractivity contribution is 5.89. The summed E-state index contributed by atoms with van der Waals surface area (Å²) in [6, 6.07) is 3.15. The van der Waals surface area contributed by atoms with Crippen molar-refractivity contribution in [1.82, 2.24) is 4.90 Å². The van der Waals surface area contributed by atoms with E-state index in [2.05, 4.69) is 5.32 Å². The second kappa shape index (κ2) is 5.97. The normalized spacial score (nSPS) is 18.7. The van der Waals surface area contributed by atoms with Gasteiger partial charge in [-0.25, -0.2) is 13.6 Å². The standard InChI is InChI=1S/C13H16F2N2O2/c14-10-4-1-5-11(12(10)15)16-13(19)17-7-2-3-9(17)6-8-18/h1,4-5,9,18H,2-3,6-8H2,(H,16,19)/t9-/m1/s1. The Balaban J connectivity index is 2.06. The van der Waals surface area contributed by atoms with E-state index in [1.54, 1.807) is 4.90 Å². The Hall–Kier alpha value is -1.69. The number of carbonyl (C=O) groups excluding carboxylic acids is 1. The first-order chi connectivity index (χ1) is 9.13. The van der Waals surface area contributed by atoms with Crippen molar-refractivity contribution < 1.29 is 18.7 Å². The Morgan fingerprint density at radius 1 is 1.47 bits per heavy atom. The zero-order valence-electron chi connectivity index (χ0n) is 10.4. The van der Waals surface area contributed by atoms with E-state index in [4.69, 9.17) is 5.11 Å². The number of hydrogen-bond acceptors (Lipinski definition) is 2. The number of aliphatic hydroxyl groups is 1. The fourth-order valence-electron chi connectivity index (χ4n) is 2.34. The van der Waals surface area contributed by atoms with Crippen LogP contribution in [0.4, 0.5) is 19.3 Å². The lowest BCUT2D eigenvalue weighted by Gasteiger charge is -2.24. The molecule has 1 saturated heterocycles. The summed E-state index contributed by atoms with van der Waals surface area (Å²) in [6.45, 7) is 0.566. The van der Waals surface area contributed by atoms with E-state index >= 15 is 0 Å². The van der Waals surface area contributed by atoms with Crippen molar-refractivity contribution in [3.05, 3.63) is 29.8 Å². The van der Waals surface area contributed by atoms with E-state index < -0.39 is 17.7 Å². The fraction of sp³-hybridized carbons (Fsp3) is 0.462. The quantitative estimate of drug-likeness (QED) is 0.885. The van der Waals surface area contributed by atoms with E-state index in [1.165, 1.54) is 12.1 Å². The lowest BCUT2D eigenvalue weighted by molar-refractivity contribution is 0.189. The van der Waals surface area contributed by atoms with Gasteiger partial charge in [-0.3, -0.25) is 0 Å². The second-order valence-corrected chi connectivity index (χ2v) is 4.53. The number of urea groups is 1. The number of anilines is 1. The third-order valence-electron chi connectivity index (χ3n) is 3.29. The predicted octanol–water partition coefficient (Wildman–Crippen LogP) is 2.34. The molecule has 1 aromatic carbocycles. The Bertz CT molecular complexity index is 468. The van der Waals surface area contributed by atoms with E-state index in [9.17, 15) is 13.6 Å². The van der Waals surface area contributed by atoms with Gasteiger partial charge in [0, 0.05) is 19.2 Å². The maximum atomic E-state index is 13.4. The van der Waals surface area contributed by atoms with Gasteiger partial charge in [-0.1, -0.05) is 6.07 Å². The van der Waals surface area contributed by atoms with Gasteiger partial charge in [-0.2, -0.15) is 0 Å². The predicted molar refractivity (Wildman–Crippen MR) is 66.8 cm³/mol. The number of carbonyl (C=O) groups is 1. The van der Waals surface area contributed by atoms with Crippen molar-refractivity contribution >= 4 is 11.7 Å². The van der Waals surface area contributed by atoms with Gasteiger partial charge in [-0.05, 0) is 31.4 Å². The Labute approximate surface area is 110 Å². The molecule has 19 heavy (non-hydrogen) atoms. The zero-order valence-corrected chi connectivity index (χ0v) is 10.4. The van der Waals surface area contributed by atoms with Crippen LogP contribution in [0, 0.1) is 11.6 Å². The summed E-state index contributed by atoms with van der Waals surface area (Å²) in [5, 5.41) is 11.3. The summed E-state index contributed by atoms with van der Waals surface area (Å²) in [4.78, 5) is 13.6. The zero-order chi connectivity index (χ0) is 13.8. The Morgan fingerprint density at radius 3 is 3.00 bits per heavy atom. The fourth-order valence-corrected chi connectivity index (χ4v) is 2.34. The minimum absolute atomic E-state index is 0.00275. The molecule has 104 valence electrons. The number of hydrogen-bond donors (Lipinski definition) is 2. The van der Waals surface area contributed by atoms with Gasteiger partial charge in [0.15, 0.2) is 11.6 Å². The van der Waals surface area contributed by atoms with Crippen LogP contribution in [0.15, 0.2) is 18.2 Å². The average molecular weight is 270 g/mol. The van der Waals surface area contributed by atoms with Gasteiger partial charge in [-0.15, -0.1) is 0 Å². The van der Waals surface area contributed by atoms with Crippen LogP contribution in [0.2, 0.25) is 0 Å². The monoisotopic (exact) mass is 270 g/mol. The number of aliphatic hydroxyl groups excluding tert-OH is 1. The maximum absolute atomic E-state index is 13.4. The molecular weight excluding hydrogens is 254 g/mol. The molecule has 6 heteroatoms. The Morgan fingerprint density at radius 2 is 2.26 bits per heavy atom. The minimum atomic E-state index is -1.06. The van der Waals surface area contributed by atoms with Crippen LogP contribution < -0.4 is 5.32 Å². The molecule has 2 rings (SSSR count). The highest BCUT2D eigenvalue weighted by atomic mass is 19.2. The number of rotatable bonds is 3. The molecule has 2 amide bonds. The number of nitrogens with one attached hydrogen (secondary N) is 1. The number of halogens is 2. The topological polar surface area (TPSA) is 52.6 Å². The van der Waals surface area contributed by atoms with Gasteiger partial charge in [0.05, 0.1) is 5.69 Å². The second-order valence-electron chi connectivity index (χ2n) is 4.53. The molecule has 0 aromatic heterocycles. The molecule has 2 N–H and O–H groups in total. The summed E-state index contributed by atoms with van der Waals surface area (Å²) in [7, 11) is 0. The Kier molecular flexibility index (Phi) is 4.31. The molecule has 0 radical (unpaired) electrons. The minimum Gasteiger partial charge on any atom is -0.396 e. The summed E-state index contributed by atoms with van der Waals surface area (Å²) < 4.78 is 26.5. The van der Waals surface area contributed by atoms with Crippen molar-refractivity contribution in [1.29, 1.82) is 0 Å². The van der Waals surface area contributed by atoms with Gasteiger partial charge in [0.25, 0.3) is 0 Å². The maximum Gasteiger partial charge on any atom is 0.322 e. The highest BCUT2D eigenvalue weighted by Gasteiger charge is 2.28. The van der Waals surface area contributed by atoms with Crippen LogP contribution in [-0.4, -0.2) is 35.2 Å². The highest BCUT2D eigenvalue weighted by Crippen LogP contribution is 2.22. The lowest BCUT2D eigenvalue weighted by Crippen LogP contribution is -2.39. The molecule has 0 bridgehead atoms. The molecular formula is C13H16F2N2O2. The van der Waals surface area contributed by atoms with E-state index in [0.29, 0.717) is 13.0 Å². The van der Waals surface area contributed by atoms with Crippen LogP contribution in [0.5, 0.6) is 0 Å². The van der Waals surface area contributed by atoms with Crippen LogP contribution in [0.3, 0.4) is 0 Å². The molecule has 1 fully saturated rings. The molecule has 0 aliphatic carbocycles. The smallest absolute Gasteiger partial charge is 0.322 e. The first-order valence-corrected chi connectivity index (χ1v) is 6.26. The van der Waals surface area contributed by atoms with Gasteiger partial charge in [0.2, 0.25) is 0 Å². The van der Waals surface area contributed by atoms with Crippen LogP contribution in [0.1, 0.15) is 19.3 Å². The molecule has 0 saturated carbocycles. The van der Waals surface area contributed by atoms with E-state index in [1.807, 2.05) is 0 Å². The van der Waals surface area contributed by atoms with E-state index in [-0.39, 0.29) is 18.3 Å². The van der Waals surface area contributed by atoms with Gasteiger partial charge >= 0.3 is 6.03 Å². The van der Waals surface area contributed by atoms with Crippen molar-refractivity contribution in [2.45, 2.75) is 25.3 Å².